The molecule has 0 aliphatic rings. The van der Waals surface area contributed by atoms with Crippen LogP contribution in [0.15, 0.2) is 18.2 Å². The summed E-state index contributed by atoms with van der Waals surface area (Å²) in [5.41, 5.74) is 0.665. The summed E-state index contributed by atoms with van der Waals surface area (Å²) in [5, 5.41) is 8.85. The Balaban J connectivity index is 3.28. The number of alkyl halides is 1. The number of ketones is 1. The molecule has 0 aromatic heterocycles. The lowest BCUT2D eigenvalue weighted by Gasteiger charge is -2.06. The van der Waals surface area contributed by atoms with Crippen molar-refractivity contribution in [1.82, 2.24) is 0 Å². The van der Waals surface area contributed by atoms with Crippen LogP contribution in [0.3, 0.4) is 0 Å². The van der Waals surface area contributed by atoms with E-state index in [2.05, 4.69) is 20.7 Å². The van der Waals surface area contributed by atoms with Crippen molar-refractivity contribution in [2.45, 2.75) is 11.8 Å². The Bertz CT molecular complexity index is 503. The highest BCUT2D eigenvalue weighted by atomic mass is 79.9. The van der Waals surface area contributed by atoms with Crippen LogP contribution in [-0.4, -0.2) is 23.7 Å². The van der Waals surface area contributed by atoms with Crippen molar-refractivity contribution in [3.8, 4) is 6.07 Å². The molecule has 0 fully saturated rings. The summed E-state index contributed by atoms with van der Waals surface area (Å²) in [6.45, 7) is 1.69. The third-order valence-electron chi connectivity index (χ3n) is 2.19. The quantitative estimate of drug-likeness (QED) is 0.487. The van der Waals surface area contributed by atoms with Crippen LogP contribution < -0.4 is 0 Å². The van der Waals surface area contributed by atoms with Gasteiger partial charge in [-0.05, 0) is 19.1 Å². The van der Waals surface area contributed by atoms with Gasteiger partial charge in [0.1, 0.15) is 6.07 Å². The molecule has 1 aromatic carbocycles. The van der Waals surface area contributed by atoms with E-state index < -0.39 is 5.97 Å². The van der Waals surface area contributed by atoms with Crippen molar-refractivity contribution in [1.29, 1.82) is 5.26 Å². The third kappa shape index (κ3) is 2.92. The molecule has 0 saturated carbocycles. The molecular formula is C12H10BrNO3. The highest BCUT2D eigenvalue weighted by Crippen LogP contribution is 2.16. The summed E-state index contributed by atoms with van der Waals surface area (Å²) in [4.78, 5) is 22.8. The number of esters is 1. The third-order valence-corrected chi connectivity index (χ3v) is 2.61. The van der Waals surface area contributed by atoms with Crippen molar-refractivity contribution in [3.63, 3.8) is 0 Å². The molecule has 1 aromatic rings. The molecule has 0 radical (unpaired) electrons. The minimum Gasteiger partial charge on any atom is -0.465 e. The van der Waals surface area contributed by atoms with Crippen LogP contribution in [0.2, 0.25) is 0 Å². The number of ether oxygens (including phenoxy) is 1. The molecule has 17 heavy (non-hydrogen) atoms. The predicted octanol–water partition coefficient (Wildman–Crippen LogP) is 2.31. The fourth-order valence-corrected chi connectivity index (χ4v) is 1.57. The first-order valence-electron chi connectivity index (χ1n) is 4.82. The summed E-state index contributed by atoms with van der Waals surface area (Å²) >= 11 is 3.16. The van der Waals surface area contributed by atoms with Gasteiger partial charge in [-0.2, -0.15) is 5.26 Å². The standard InChI is InChI=1S/C12H10BrNO3/c1-7(13)11(15)8-3-4-9(6-14)10(5-8)12(16)17-2/h3-5,7H,1-2H3. The number of halogens is 1. The van der Waals surface area contributed by atoms with E-state index in [0.29, 0.717) is 5.56 Å². The number of benzene rings is 1. The first-order valence-corrected chi connectivity index (χ1v) is 5.73. The minimum absolute atomic E-state index is 0.106. The highest BCUT2D eigenvalue weighted by molar-refractivity contribution is 9.10. The molecule has 0 aliphatic carbocycles. The molecule has 0 spiro atoms. The molecule has 88 valence electrons. The Morgan fingerprint density at radius 1 is 1.47 bits per heavy atom. The smallest absolute Gasteiger partial charge is 0.339 e. The van der Waals surface area contributed by atoms with Gasteiger partial charge in [-0.1, -0.05) is 22.0 Å². The van der Waals surface area contributed by atoms with Crippen LogP contribution in [0.4, 0.5) is 0 Å². The van der Waals surface area contributed by atoms with E-state index in [1.807, 2.05) is 6.07 Å². The van der Waals surface area contributed by atoms with Crippen LogP contribution in [-0.2, 0) is 4.74 Å². The van der Waals surface area contributed by atoms with Crippen LogP contribution in [0.5, 0.6) is 0 Å². The number of hydrogen-bond donors (Lipinski definition) is 0. The summed E-state index contributed by atoms with van der Waals surface area (Å²) in [5.74, 6) is -0.780. The summed E-state index contributed by atoms with van der Waals surface area (Å²) in [6, 6.07) is 6.22. The van der Waals surface area contributed by atoms with Gasteiger partial charge in [-0.3, -0.25) is 4.79 Å². The molecule has 0 bridgehead atoms. The molecule has 0 aliphatic heterocycles. The van der Waals surface area contributed by atoms with E-state index in [-0.39, 0.29) is 21.7 Å². The Morgan fingerprint density at radius 2 is 2.12 bits per heavy atom. The molecular weight excluding hydrogens is 286 g/mol. The van der Waals surface area contributed by atoms with Crippen molar-refractivity contribution in [2.75, 3.05) is 7.11 Å². The molecule has 5 heteroatoms. The zero-order chi connectivity index (χ0) is 13.0. The average molecular weight is 296 g/mol. The number of hydrogen-bond acceptors (Lipinski definition) is 4. The first-order chi connectivity index (χ1) is 8.01. The molecule has 1 unspecified atom stereocenters. The fourth-order valence-electron chi connectivity index (χ4n) is 1.30. The molecule has 1 atom stereocenters. The van der Waals surface area contributed by atoms with Crippen molar-refractivity contribution >= 4 is 27.7 Å². The van der Waals surface area contributed by atoms with Gasteiger partial charge in [0.25, 0.3) is 0 Å². The Labute approximate surface area is 107 Å². The molecule has 4 nitrogen and oxygen atoms in total. The number of methoxy groups -OCH3 is 1. The Hall–Kier alpha value is -1.67. The van der Waals surface area contributed by atoms with E-state index in [9.17, 15) is 9.59 Å². The van der Waals surface area contributed by atoms with Gasteiger partial charge in [0.05, 0.1) is 23.1 Å². The summed E-state index contributed by atoms with van der Waals surface area (Å²) < 4.78 is 4.56. The number of carbonyl (C=O) groups excluding carboxylic acids is 2. The molecule has 0 heterocycles. The van der Waals surface area contributed by atoms with Crippen LogP contribution in [0.25, 0.3) is 0 Å². The second-order valence-corrected chi connectivity index (χ2v) is 4.72. The molecule has 0 amide bonds. The van der Waals surface area contributed by atoms with Gasteiger partial charge < -0.3 is 4.74 Å². The fraction of sp³-hybridized carbons (Fsp3) is 0.250. The van der Waals surface area contributed by atoms with Gasteiger partial charge >= 0.3 is 5.97 Å². The van der Waals surface area contributed by atoms with Gasteiger partial charge in [-0.15, -0.1) is 0 Å². The van der Waals surface area contributed by atoms with Crippen molar-refractivity contribution in [3.05, 3.63) is 34.9 Å². The predicted molar refractivity (Wildman–Crippen MR) is 65.2 cm³/mol. The second kappa shape index (κ2) is 5.60. The lowest BCUT2D eigenvalue weighted by atomic mass is 10.0. The van der Waals surface area contributed by atoms with Crippen LogP contribution in [0.1, 0.15) is 33.2 Å². The van der Waals surface area contributed by atoms with Crippen LogP contribution in [0, 0.1) is 11.3 Å². The lowest BCUT2D eigenvalue weighted by molar-refractivity contribution is 0.0600. The van der Waals surface area contributed by atoms with Gasteiger partial charge in [-0.25, -0.2) is 4.79 Å². The molecule has 1 rings (SSSR count). The topological polar surface area (TPSA) is 67.2 Å². The van der Waals surface area contributed by atoms with E-state index >= 15 is 0 Å². The zero-order valence-corrected chi connectivity index (χ0v) is 10.9. The van der Waals surface area contributed by atoms with Gasteiger partial charge in [0.15, 0.2) is 5.78 Å². The summed E-state index contributed by atoms with van der Waals surface area (Å²) in [7, 11) is 1.23. The zero-order valence-electron chi connectivity index (χ0n) is 9.36. The van der Waals surface area contributed by atoms with Gasteiger partial charge in [0.2, 0.25) is 0 Å². The highest BCUT2D eigenvalue weighted by Gasteiger charge is 2.17. The molecule has 0 saturated heterocycles. The maximum atomic E-state index is 11.7. The summed E-state index contributed by atoms with van der Waals surface area (Å²) in [6.07, 6.45) is 0. The maximum Gasteiger partial charge on any atom is 0.339 e. The number of rotatable bonds is 3. The normalized spacial score (nSPS) is 11.4. The van der Waals surface area contributed by atoms with Crippen molar-refractivity contribution < 1.29 is 14.3 Å². The van der Waals surface area contributed by atoms with Gasteiger partial charge in [0, 0.05) is 5.56 Å². The lowest BCUT2D eigenvalue weighted by Crippen LogP contribution is -2.12. The average Bonchev–Trinajstić information content (AvgIpc) is 2.35. The second-order valence-electron chi connectivity index (χ2n) is 3.34. The monoisotopic (exact) mass is 295 g/mol. The maximum absolute atomic E-state index is 11.7. The number of carbonyl (C=O) groups is 2. The van der Waals surface area contributed by atoms with E-state index in [0.717, 1.165) is 0 Å². The first kappa shape index (κ1) is 13.4. The number of nitriles is 1. The van der Waals surface area contributed by atoms with E-state index in [4.69, 9.17) is 5.26 Å². The minimum atomic E-state index is -0.626. The largest absolute Gasteiger partial charge is 0.465 e. The van der Waals surface area contributed by atoms with Crippen LogP contribution >= 0.6 is 15.9 Å². The SMILES string of the molecule is COC(=O)c1cc(C(=O)C(C)Br)ccc1C#N. The van der Waals surface area contributed by atoms with Crippen molar-refractivity contribution in [2.24, 2.45) is 0 Å². The Morgan fingerprint density at radius 3 is 2.59 bits per heavy atom. The number of nitrogens with zero attached hydrogens (tertiary/aromatic N) is 1. The van der Waals surface area contributed by atoms with E-state index in [1.165, 1.54) is 25.3 Å². The number of Topliss-reactive ketones (excluding diaryl/α,β-unsaturated/α-hetero) is 1. The molecule has 0 N–H and O–H groups in total. The van der Waals surface area contributed by atoms with E-state index in [1.54, 1.807) is 6.92 Å². The Kier molecular flexibility index (Phi) is 4.41.